The number of aromatic nitrogens is 1. The minimum atomic E-state index is -0.516. The van der Waals surface area contributed by atoms with Crippen LogP contribution in [0.25, 0.3) is 0 Å². The molecule has 94 valence electrons. The molecule has 0 aromatic carbocycles. The van der Waals surface area contributed by atoms with Crippen LogP contribution >= 0.6 is 11.3 Å². The first-order chi connectivity index (χ1) is 7.78. The molecule has 1 aromatic heterocycles. The molecule has 1 N–H and O–H groups in total. The first-order valence-corrected chi connectivity index (χ1v) is 6.02. The molecule has 0 saturated heterocycles. The van der Waals surface area contributed by atoms with Crippen molar-refractivity contribution in [3.05, 3.63) is 16.1 Å². The Morgan fingerprint density at radius 3 is 2.59 bits per heavy atom. The van der Waals surface area contributed by atoms with Gasteiger partial charge in [0.05, 0.1) is 11.4 Å². The molecule has 0 spiro atoms. The molecule has 1 heterocycles. The molecule has 0 radical (unpaired) electrons. The van der Waals surface area contributed by atoms with Gasteiger partial charge in [-0.3, -0.25) is 4.79 Å². The zero-order valence-corrected chi connectivity index (χ0v) is 11.2. The molecule has 5 nitrogen and oxygen atoms in total. The van der Waals surface area contributed by atoms with Gasteiger partial charge in [0.1, 0.15) is 10.6 Å². The van der Waals surface area contributed by atoms with E-state index in [4.69, 9.17) is 4.74 Å². The smallest absolute Gasteiger partial charge is 0.408 e. The van der Waals surface area contributed by atoms with E-state index in [1.165, 1.54) is 24.5 Å². The van der Waals surface area contributed by atoms with E-state index < -0.39 is 11.7 Å². The predicted molar refractivity (Wildman–Crippen MR) is 65.2 cm³/mol. The van der Waals surface area contributed by atoms with Crippen LogP contribution in [0.15, 0.2) is 6.20 Å². The van der Waals surface area contributed by atoms with Gasteiger partial charge in [-0.25, -0.2) is 9.78 Å². The molecule has 1 aromatic rings. The van der Waals surface area contributed by atoms with Crippen LogP contribution < -0.4 is 5.32 Å². The molecule has 1 amide bonds. The highest BCUT2D eigenvalue weighted by atomic mass is 32.1. The number of nitrogens with one attached hydrogen (secondary N) is 1. The Morgan fingerprint density at radius 2 is 2.12 bits per heavy atom. The lowest BCUT2D eigenvalue weighted by Crippen LogP contribution is -2.32. The molecule has 0 aliphatic carbocycles. The van der Waals surface area contributed by atoms with Gasteiger partial charge in [0, 0.05) is 13.1 Å². The summed E-state index contributed by atoms with van der Waals surface area (Å²) < 4.78 is 5.07. The van der Waals surface area contributed by atoms with Crippen LogP contribution in [0.1, 0.15) is 42.4 Å². The molecule has 0 atom stereocenters. The second-order valence-corrected chi connectivity index (χ2v) is 5.65. The minimum Gasteiger partial charge on any atom is -0.444 e. The van der Waals surface area contributed by atoms with Crippen molar-refractivity contribution in [1.29, 1.82) is 0 Å². The van der Waals surface area contributed by atoms with Gasteiger partial charge in [-0.2, -0.15) is 0 Å². The topological polar surface area (TPSA) is 68.3 Å². The molecule has 0 fully saturated rings. The van der Waals surface area contributed by atoms with E-state index in [-0.39, 0.29) is 12.3 Å². The fourth-order valence-corrected chi connectivity index (χ4v) is 1.77. The van der Waals surface area contributed by atoms with Gasteiger partial charge >= 0.3 is 6.09 Å². The number of ether oxygens (including phenoxy) is 1. The third-order valence-corrected chi connectivity index (χ3v) is 2.78. The van der Waals surface area contributed by atoms with Crippen LogP contribution in [-0.4, -0.2) is 22.5 Å². The Morgan fingerprint density at radius 1 is 1.47 bits per heavy atom. The van der Waals surface area contributed by atoms with Crippen molar-refractivity contribution in [2.45, 2.75) is 39.8 Å². The number of hydrogen-bond acceptors (Lipinski definition) is 5. The van der Waals surface area contributed by atoms with Crippen molar-refractivity contribution in [1.82, 2.24) is 10.3 Å². The summed E-state index contributed by atoms with van der Waals surface area (Å²) in [5.74, 6) is -0.0222. The van der Waals surface area contributed by atoms with Crippen molar-refractivity contribution in [3.63, 3.8) is 0 Å². The standard InChI is InChI=1S/C11H16N2O3S/c1-7(14)8-5-12-9(17-8)6-13-10(15)16-11(2,3)4/h5H,6H2,1-4H3,(H,13,15). The number of amides is 1. The van der Waals surface area contributed by atoms with Crippen LogP contribution in [0.2, 0.25) is 0 Å². The number of nitrogens with zero attached hydrogens (tertiary/aromatic N) is 1. The average Bonchev–Trinajstić information content (AvgIpc) is 2.60. The number of Topliss-reactive ketones (excluding diaryl/α,β-unsaturated/α-hetero) is 1. The summed E-state index contributed by atoms with van der Waals surface area (Å²) in [5.41, 5.74) is -0.516. The highest BCUT2D eigenvalue weighted by molar-refractivity contribution is 7.13. The fourth-order valence-electron chi connectivity index (χ4n) is 1.02. The van der Waals surface area contributed by atoms with Crippen LogP contribution in [0.5, 0.6) is 0 Å². The van der Waals surface area contributed by atoms with E-state index >= 15 is 0 Å². The second kappa shape index (κ2) is 5.27. The summed E-state index contributed by atoms with van der Waals surface area (Å²) in [7, 11) is 0. The largest absolute Gasteiger partial charge is 0.444 e. The molecule has 0 aliphatic heterocycles. The molecule has 0 bridgehead atoms. The summed E-state index contributed by atoms with van der Waals surface area (Å²) >= 11 is 1.27. The predicted octanol–water partition coefficient (Wildman–Crippen LogP) is 2.37. The summed E-state index contributed by atoms with van der Waals surface area (Å²) in [5, 5.41) is 3.26. The third-order valence-electron chi connectivity index (χ3n) is 1.68. The van der Waals surface area contributed by atoms with Gasteiger partial charge in [0.25, 0.3) is 0 Å². The van der Waals surface area contributed by atoms with Gasteiger partial charge in [-0.15, -0.1) is 11.3 Å². The molecule has 17 heavy (non-hydrogen) atoms. The van der Waals surface area contributed by atoms with Gasteiger partial charge in [0.15, 0.2) is 5.78 Å². The molecule has 0 saturated carbocycles. The summed E-state index contributed by atoms with van der Waals surface area (Å²) in [6.45, 7) is 7.14. The van der Waals surface area contributed by atoms with Crippen LogP contribution in [0.4, 0.5) is 4.79 Å². The lowest BCUT2D eigenvalue weighted by molar-refractivity contribution is 0.0523. The maximum absolute atomic E-state index is 11.3. The molecule has 0 aliphatic rings. The summed E-state index contributed by atoms with van der Waals surface area (Å²) in [6.07, 6.45) is 1.02. The number of alkyl carbamates (subject to hydrolysis) is 1. The first kappa shape index (κ1) is 13.6. The average molecular weight is 256 g/mol. The number of rotatable bonds is 3. The maximum Gasteiger partial charge on any atom is 0.408 e. The minimum absolute atomic E-state index is 0.0222. The number of carbonyl (C=O) groups excluding carboxylic acids is 2. The zero-order valence-electron chi connectivity index (χ0n) is 10.4. The van der Waals surface area contributed by atoms with Crippen LogP contribution in [0, 0.1) is 0 Å². The van der Waals surface area contributed by atoms with Crippen molar-refractivity contribution in [2.24, 2.45) is 0 Å². The second-order valence-electron chi connectivity index (χ2n) is 4.53. The van der Waals surface area contributed by atoms with Crippen LogP contribution in [0.3, 0.4) is 0 Å². The van der Waals surface area contributed by atoms with Crippen molar-refractivity contribution < 1.29 is 14.3 Å². The molecule has 1 rings (SSSR count). The Hall–Kier alpha value is -1.43. The molecule has 0 unspecified atom stereocenters. The SMILES string of the molecule is CC(=O)c1cnc(CNC(=O)OC(C)(C)C)s1. The van der Waals surface area contributed by atoms with E-state index in [0.29, 0.717) is 9.88 Å². The number of ketones is 1. The van der Waals surface area contributed by atoms with E-state index in [1.807, 2.05) is 0 Å². The fraction of sp³-hybridized carbons (Fsp3) is 0.545. The Kier molecular flexibility index (Phi) is 4.22. The Bertz CT molecular complexity index is 421. The Labute approximate surface area is 104 Å². The quantitative estimate of drug-likeness (QED) is 0.843. The zero-order chi connectivity index (χ0) is 13.1. The molecular formula is C11H16N2O3S. The van der Waals surface area contributed by atoms with Gasteiger partial charge in [-0.1, -0.05) is 0 Å². The first-order valence-electron chi connectivity index (χ1n) is 5.20. The third kappa shape index (κ3) is 4.95. The number of hydrogen-bond donors (Lipinski definition) is 1. The highest BCUT2D eigenvalue weighted by Gasteiger charge is 2.16. The highest BCUT2D eigenvalue weighted by Crippen LogP contribution is 2.13. The van der Waals surface area contributed by atoms with E-state index in [1.54, 1.807) is 20.8 Å². The van der Waals surface area contributed by atoms with Crippen LogP contribution in [-0.2, 0) is 11.3 Å². The molecular weight excluding hydrogens is 240 g/mol. The number of thiazole rings is 1. The summed E-state index contributed by atoms with van der Waals surface area (Å²) in [4.78, 5) is 27.0. The van der Waals surface area contributed by atoms with Gasteiger partial charge in [0.2, 0.25) is 0 Å². The van der Waals surface area contributed by atoms with Crippen molar-refractivity contribution in [2.75, 3.05) is 0 Å². The molecule has 6 heteroatoms. The monoisotopic (exact) mass is 256 g/mol. The van der Waals surface area contributed by atoms with E-state index in [2.05, 4.69) is 10.3 Å². The number of carbonyl (C=O) groups is 2. The normalized spacial score (nSPS) is 11.1. The lowest BCUT2D eigenvalue weighted by atomic mass is 10.2. The Balaban J connectivity index is 2.45. The van der Waals surface area contributed by atoms with Crippen molar-refractivity contribution in [3.8, 4) is 0 Å². The lowest BCUT2D eigenvalue weighted by Gasteiger charge is -2.19. The van der Waals surface area contributed by atoms with Crippen molar-refractivity contribution >= 4 is 23.2 Å². The van der Waals surface area contributed by atoms with Gasteiger partial charge < -0.3 is 10.1 Å². The van der Waals surface area contributed by atoms with E-state index in [9.17, 15) is 9.59 Å². The maximum atomic E-state index is 11.3. The summed E-state index contributed by atoms with van der Waals surface area (Å²) in [6, 6.07) is 0. The van der Waals surface area contributed by atoms with E-state index in [0.717, 1.165) is 0 Å². The van der Waals surface area contributed by atoms with Gasteiger partial charge in [-0.05, 0) is 20.8 Å².